The number of nitriles is 1. The van der Waals surface area contributed by atoms with E-state index in [-0.39, 0.29) is 18.3 Å². The first-order chi connectivity index (χ1) is 3.77. The van der Waals surface area contributed by atoms with Gasteiger partial charge < -0.3 is 0 Å². The molecule has 0 amide bonds. The number of rotatable bonds is 3. The van der Waals surface area contributed by atoms with Crippen molar-refractivity contribution in [3.8, 4) is 6.07 Å². The van der Waals surface area contributed by atoms with E-state index >= 15 is 0 Å². The van der Waals surface area contributed by atoms with E-state index in [1.165, 1.54) is 0 Å². The minimum Gasteiger partial charge on any atom is -0.276 e. The van der Waals surface area contributed by atoms with Crippen molar-refractivity contribution in [1.82, 2.24) is 10.8 Å². The molecule has 0 aromatic rings. The van der Waals surface area contributed by atoms with E-state index in [0.29, 0.717) is 0 Å². The van der Waals surface area contributed by atoms with Crippen LogP contribution < -0.4 is 5.43 Å². The van der Waals surface area contributed by atoms with Crippen molar-refractivity contribution in [2.75, 3.05) is 6.54 Å². The van der Waals surface area contributed by atoms with Gasteiger partial charge in [-0.3, -0.25) is 10.4 Å². The quantitative estimate of drug-likeness (QED) is 0.342. The van der Waals surface area contributed by atoms with Gasteiger partial charge in [0.2, 0.25) is 0 Å². The van der Waals surface area contributed by atoms with Crippen LogP contribution in [0.3, 0.4) is 0 Å². The molecular formula is C3H7N3O2. The highest BCUT2D eigenvalue weighted by Crippen LogP contribution is 1.69. The summed E-state index contributed by atoms with van der Waals surface area (Å²) in [5.74, 6) is 0. The first-order valence-corrected chi connectivity index (χ1v) is 2.05. The third-order valence-electron chi connectivity index (χ3n) is 0.490. The molecule has 8 heavy (non-hydrogen) atoms. The topological polar surface area (TPSA) is 79.5 Å². The molecule has 0 spiro atoms. The second kappa shape index (κ2) is 4.49. The summed E-state index contributed by atoms with van der Waals surface area (Å²) in [5, 5.41) is 23.6. The van der Waals surface area contributed by atoms with E-state index in [1.807, 2.05) is 6.07 Å². The Balaban J connectivity index is 2.85. The fourth-order valence-corrected chi connectivity index (χ4v) is 0.212. The maximum atomic E-state index is 7.95. The zero-order chi connectivity index (χ0) is 6.41. The summed E-state index contributed by atoms with van der Waals surface area (Å²) in [6, 6.07) is 1.81. The summed E-state index contributed by atoms with van der Waals surface area (Å²) in [4.78, 5) is 0. The number of hydrazine groups is 1. The predicted octanol–water partition coefficient (Wildman–Crippen LogP) is -0.515. The molecule has 0 unspecified atom stereocenters. The van der Waals surface area contributed by atoms with Gasteiger partial charge in [0.05, 0.1) is 6.07 Å². The highest BCUT2D eigenvalue weighted by atomic mass is 16.8. The molecule has 0 fully saturated rings. The SMILES string of the molecule is N#CCCNN(O)O. The average molecular weight is 117 g/mol. The molecule has 46 valence electrons. The fourth-order valence-electron chi connectivity index (χ4n) is 0.212. The molecule has 0 aliphatic rings. The van der Waals surface area contributed by atoms with Gasteiger partial charge in [-0.25, -0.2) is 5.43 Å². The van der Waals surface area contributed by atoms with Crippen molar-refractivity contribution >= 4 is 0 Å². The maximum Gasteiger partial charge on any atom is 0.0635 e. The Morgan fingerprint density at radius 3 is 2.62 bits per heavy atom. The molecule has 0 aliphatic heterocycles. The van der Waals surface area contributed by atoms with Gasteiger partial charge in [0.15, 0.2) is 0 Å². The minimum atomic E-state index is -0.169. The zero-order valence-corrected chi connectivity index (χ0v) is 4.20. The molecule has 0 aliphatic carbocycles. The molecule has 0 aromatic heterocycles. The number of hydrogen-bond donors (Lipinski definition) is 3. The van der Waals surface area contributed by atoms with Gasteiger partial charge in [-0.15, -0.1) is 0 Å². The monoisotopic (exact) mass is 117 g/mol. The molecule has 0 heterocycles. The normalized spacial score (nSPS) is 9.25. The van der Waals surface area contributed by atoms with Crippen molar-refractivity contribution in [1.29, 1.82) is 5.26 Å². The lowest BCUT2D eigenvalue weighted by Gasteiger charge is -2.03. The Morgan fingerprint density at radius 1 is 1.62 bits per heavy atom. The fraction of sp³-hybridized carbons (Fsp3) is 0.667. The molecule has 3 N–H and O–H groups in total. The van der Waals surface area contributed by atoms with Gasteiger partial charge in [-0.1, -0.05) is 0 Å². The molecule has 5 heteroatoms. The van der Waals surface area contributed by atoms with E-state index in [0.717, 1.165) is 0 Å². The van der Waals surface area contributed by atoms with Crippen LogP contribution in [0.4, 0.5) is 0 Å². The van der Waals surface area contributed by atoms with Gasteiger partial charge in [0, 0.05) is 18.3 Å². The Bertz CT molecular complexity index is 87.0. The molecule has 0 radical (unpaired) electrons. The molecule has 0 saturated heterocycles. The van der Waals surface area contributed by atoms with Gasteiger partial charge in [-0.05, 0) is 0 Å². The summed E-state index contributed by atoms with van der Waals surface area (Å²) in [6.45, 7) is 0.240. The van der Waals surface area contributed by atoms with Crippen LogP contribution in [0.25, 0.3) is 0 Å². The van der Waals surface area contributed by atoms with Crippen LogP contribution in [-0.4, -0.2) is 22.3 Å². The van der Waals surface area contributed by atoms with E-state index in [4.69, 9.17) is 15.7 Å². The smallest absolute Gasteiger partial charge is 0.0635 e. The summed E-state index contributed by atoms with van der Waals surface area (Å²) in [5.41, 5.74) is 2.07. The molecule has 0 atom stereocenters. The summed E-state index contributed by atoms with van der Waals surface area (Å²) in [7, 11) is 0. The minimum absolute atomic E-state index is 0.169. The number of hydrogen-bond acceptors (Lipinski definition) is 5. The van der Waals surface area contributed by atoms with Crippen LogP contribution in [0.5, 0.6) is 0 Å². The Morgan fingerprint density at radius 2 is 2.25 bits per heavy atom. The lowest BCUT2D eigenvalue weighted by Crippen LogP contribution is -2.32. The van der Waals surface area contributed by atoms with E-state index < -0.39 is 0 Å². The van der Waals surface area contributed by atoms with Crippen LogP contribution in [0.1, 0.15) is 6.42 Å². The Hall–Kier alpha value is -0.670. The standard InChI is InChI=1S/C3H7N3O2/c4-2-1-3-5-6(7)8/h5,7-8H,1,3H2. The van der Waals surface area contributed by atoms with Gasteiger partial charge in [0.25, 0.3) is 0 Å². The van der Waals surface area contributed by atoms with Crippen molar-refractivity contribution in [3.05, 3.63) is 0 Å². The average Bonchev–Trinajstić information content (AvgIpc) is 1.66. The van der Waals surface area contributed by atoms with Crippen molar-refractivity contribution < 1.29 is 10.4 Å². The van der Waals surface area contributed by atoms with Gasteiger partial charge in [-0.2, -0.15) is 5.26 Å². The molecule has 0 saturated carbocycles. The first-order valence-electron chi connectivity index (χ1n) is 2.05. The number of nitrogens with zero attached hydrogens (tertiary/aromatic N) is 2. The highest BCUT2D eigenvalue weighted by molar-refractivity contribution is 4.68. The Labute approximate surface area is 46.6 Å². The predicted molar refractivity (Wildman–Crippen MR) is 23.6 cm³/mol. The van der Waals surface area contributed by atoms with E-state index in [1.54, 1.807) is 0 Å². The van der Waals surface area contributed by atoms with Crippen LogP contribution in [0.15, 0.2) is 0 Å². The molecule has 0 rings (SSSR count). The Kier molecular flexibility index (Phi) is 4.11. The maximum absolute atomic E-state index is 7.95. The lowest BCUT2D eigenvalue weighted by molar-refractivity contribution is -0.341. The van der Waals surface area contributed by atoms with Crippen molar-refractivity contribution in [2.45, 2.75) is 6.42 Å². The summed E-state index contributed by atoms with van der Waals surface area (Å²) < 4.78 is 0. The van der Waals surface area contributed by atoms with Gasteiger partial charge >= 0.3 is 0 Å². The van der Waals surface area contributed by atoms with Crippen LogP contribution in [0, 0.1) is 11.3 Å². The largest absolute Gasteiger partial charge is 0.276 e. The second-order valence-electron chi connectivity index (χ2n) is 1.11. The van der Waals surface area contributed by atoms with Crippen molar-refractivity contribution in [3.63, 3.8) is 0 Å². The van der Waals surface area contributed by atoms with Crippen molar-refractivity contribution in [2.24, 2.45) is 0 Å². The van der Waals surface area contributed by atoms with Crippen LogP contribution in [-0.2, 0) is 0 Å². The summed E-state index contributed by atoms with van der Waals surface area (Å²) >= 11 is 0. The third-order valence-corrected chi connectivity index (χ3v) is 0.490. The third kappa shape index (κ3) is 5.33. The summed E-state index contributed by atoms with van der Waals surface area (Å²) in [6.07, 6.45) is 0.248. The molecule has 0 bridgehead atoms. The van der Waals surface area contributed by atoms with E-state index in [9.17, 15) is 0 Å². The van der Waals surface area contributed by atoms with Gasteiger partial charge in [0.1, 0.15) is 0 Å². The van der Waals surface area contributed by atoms with E-state index in [2.05, 4.69) is 5.43 Å². The first kappa shape index (κ1) is 7.33. The molecule has 5 nitrogen and oxygen atoms in total. The lowest BCUT2D eigenvalue weighted by atomic mass is 10.5. The van der Waals surface area contributed by atoms with Crippen LogP contribution in [0.2, 0.25) is 0 Å². The molecular weight excluding hydrogens is 110 g/mol. The highest BCUT2D eigenvalue weighted by Gasteiger charge is 1.87. The number of nitrogens with one attached hydrogen (secondary N) is 1. The zero-order valence-electron chi connectivity index (χ0n) is 4.20. The molecule has 0 aromatic carbocycles. The van der Waals surface area contributed by atoms with Crippen LogP contribution >= 0.6 is 0 Å². The second-order valence-corrected chi connectivity index (χ2v) is 1.11.